The lowest BCUT2D eigenvalue weighted by Crippen LogP contribution is -2.53. The van der Waals surface area contributed by atoms with E-state index < -0.39 is 0 Å². The molecule has 1 saturated heterocycles. The third-order valence-corrected chi connectivity index (χ3v) is 5.08. The first-order valence-corrected chi connectivity index (χ1v) is 9.90. The monoisotopic (exact) mass is 489 g/mol. The van der Waals surface area contributed by atoms with E-state index in [1.807, 2.05) is 18.2 Å². The van der Waals surface area contributed by atoms with Gasteiger partial charge in [0.2, 0.25) is 0 Å². The molecule has 0 spiro atoms. The van der Waals surface area contributed by atoms with Crippen LogP contribution in [0.1, 0.15) is 27.7 Å². The van der Waals surface area contributed by atoms with Crippen LogP contribution in [-0.4, -0.2) is 79.3 Å². The number of nitrogens with zero attached hydrogens (tertiary/aromatic N) is 4. The number of guanidine groups is 1. The summed E-state index contributed by atoms with van der Waals surface area (Å²) in [7, 11) is 0. The Kier molecular flexibility index (Phi) is 10.8. The lowest BCUT2D eigenvalue weighted by molar-refractivity contribution is 0.236. The molecule has 0 aromatic heterocycles. The Bertz CT molecular complexity index is 571. The Morgan fingerprint density at radius 2 is 1.78 bits per heavy atom. The molecule has 1 aliphatic heterocycles. The zero-order valence-corrected chi connectivity index (χ0v) is 19.5. The summed E-state index contributed by atoms with van der Waals surface area (Å²) in [6.07, 6.45) is 0. The molecular formula is C20H36IN5O. The van der Waals surface area contributed by atoms with Crippen LogP contribution in [0.15, 0.2) is 29.3 Å². The average molecular weight is 489 g/mol. The van der Waals surface area contributed by atoms with Gasteiger partial charge in [0.05, 0.1) is 12.2 Å². The Hall–Kier alpha value is -1.22. The highest BCUT2D eigenvalue weighted by atomic mass is 127. The number of halogens is 1. The molecule has 0 aliphatic carbocycles. The van der Waals surface area contributed by atoms with Gasteiger partial charge in [-0.15, -0.1) is 24.0 Å². The summed E-state index contributed by atoms with van der Waals surface area (Å²) in [5.41, 5.74) is 0.921. The fraction of sp³-hybridized carbons (Fsp3) is 0.650. The van der Waals surface area contributed by atoms with Crippen LogP contribution in [0.2, 0.25) is 0 Å². The normalized spacial score (nSPS) is 16.3. The molecule has 2 N–H and O–H groups in total. The number of likely N-dealkylation sites (N-methyl/N-ethyl adjacent to an activating group) is 1. The number of hydrogen-bond acceptors (Lipinski definition) is 4. The highest BCUT2D eigenvalue weighted by molar-refractivity contribution is 14.0. The summed E-state index contributed by atoms with van der Waals surface area (Å²) in [6.45, 7) is 16.1. The van der Waals surface area contributed by atoms with Gasteiger partial charge >= 0.3 is 0 Å². The molecule has 0 radical (unpaired) electrons. The van der Waals surface area contributed by atoms with Crippen molar-refractivity contribution in [3.05, 3.63) is 24.3 Å². The number of aliphatic imine (C=N–C) groups is 1. The number of benzene rings is 1. The summed E-state index contributed by atoms with van der Waals surface area (Å²) in [6, 6.07) is 8.02. The van der Waals surface area contributed by atoms with Gasteiger partial charge in [0, 0.05) is 38.8 Å². The van der Waals surface area contributed by atoms with Crippen molar-refractivity contribution in [3.63, 3.8) is 0 Å². The van der Waals surface area contributed by atoms with E-state index in [9.17, 15) is 5.11 Å². The second-order valence-corrected chi connectivity index (χ2v) is 6.73. The van der Waals surface area contributed by atoms with Crippen LogP contribution in [-0.2, 0) is 0 Å². The van der Waals surface area contributed by atoms with Crippen LogP contribution in [0, 0.1) is 0 Å². The van der Waals surface area contributed by atoms with Gasteiger partial charge in [-0.2, -0.15) is 0 Å². The van der Waals surface area contributed by atoms with Crippen molar-refractivity contribution >= 4 is 35.6 Å². The van der Waals surface area contributed by atoms with E-state index >= 15 is 0 Å². The molecule has 1 atom stereocenters. The number of rotatable bonds is 7. The molecule has 1 aromatic rings. The lowest BCUT2D eigenvalue weighted by atomic mass is 10.2. The minimum Gasteiger partial charge on any atom is -0.506 e. The molecule has 1 aliphatic rings. The van der Waals surface area contributed by atoms with Crippen molar-refractivity contribution in [2.24, 2.45) is 4.99 Å². The highest BCUT2D eigenvalue weighted by Gasteiger charge is 2.21. The van der Waals surface area contributed by atoms with Crippen LogP contribution in [0.5, 0.6) is 5.75 Å². The van der Waals surface area contributed by atoms with E-state index in [2.05, 4.69) is 47.7 Å². The second kappa shape index (κ2) is 12.3. The molecule has 0 saturated carbocycles. The first-order chi connectivity index (χ1) is 12.6. The van der Waals surface area contributed by atoms with Crippen molar-refractivity contribution in [2.75, 3.05) is 57.3 Å². The summed E-state index contributed by atoms with van der Waals surface area (Å²) in [4.78, 5) is 11.9. The number of anilines is 1. The maximum absolute atomic E-state index is 10.1. The maximum Gasteiger partial charge on any atom is 0.194 e. The summed E-state index contributed by atoms with van der Waals surface area (Å²) < 4.78 is 0. The Morgan fingerprint density at radius 3 is 2.33 bits per heavy atom. The Morgan fingerprint density at radius 1 is 1.15 bits per heavy atom. The Labute approximate surface area is 181 Å². The lowest BCUT2D eigenvalue weighted by Gasteiger charge is -2.38. The SMILES string of the molecule is CCNC(=NCC(C)N(CC)CC)N1CCN(c2ccccc2O)CC1.I. The smallest absolute Gasteiger partial charge is 0.194 e. The second-order valence-electron chi connectivity index (χ2n) is 6.73. The molecule has 27 heavy (non-hydrogen) atoms. The third kappa shape index (κ3) is 6.71. The van der Waals surface area contributed by atoms with E-state index in [4.69, 9.17) is 4.99 Å². The molecule has 0 bridgehead atoms. The molecule has 2 rings (SSSR count). The number of phenols is 1. The van der Waals surface area contributed by atoms with E-state index in [-0.39, 0.29) is 24.0 Å². The van der Waals surface area contributed by atoms with Gasteiger partial charge < -0.3 is 20.2 Å². The Balaban J connectivity index is 0.00000364. The number of piperazine rings is 1. The molecule has 0 amide bonds. The summed E-state index contributed by atoms with van der Waals surface area (Å²) >= 11 is 0. The average Bonchev–Trinajstić information content (AvgIpc) is 2.67. The van der Waals surface area contributed by atoms with Crippen molar-refractivity contribution in [3.8, 4) is 5.75 Å². The molecule has 1 unspecified atom stereocenters. The first-order valence-electron chi connectivity index (χ1n) is 9.90. The standard InChI is InChI=1S/C20H35N5O.HI/c1-5-21-20(22-16-17(4)23(6-2)7-3)25-14-12-24(13-15-25)18-10-8-9-11-19(18)26;/h8-11,17,26H,5-7,12-16H2,1-4H3,(H,21,22);1H. The summed E-state index contributed by atoms with van der Waals surface area (Å²) in [5.74, 6) is 1.36. The molecule has 1 fully saturated rings. The van der Waals surface area contributed by atoms with Crippen molar-refractivity contribution < 1.29 is 5.11 Å². The fourth-order valence-corrected chi connectivity index (χ4v) is 3.50. The number of hydrogen-bond donors (Lipinski definition) is 2. The van der Waals surface area contributed by atoms with Crippen molar-refractivity contribution in [1.29, 1.82) is 0 Å². The van der Waals surface area contributed by atoms with Gasteiger partial charge in [0.25, 0.3) is 0 Å². The largest absolute Gasteiger partial charge is 0.506 e. The topological polar surface area (TPSA) is 54.3 Å². The highest BCUT2D eigenvalue weighted by Crippen LogP contribution is 2.27. The molecule has 154 valence electrons. The van der Waals surface area contributed by atoms with Crippen LogP contribution in [0.4, 0.5) is 5.69 Å². The predicted octanol–water partition coefficient (Wildman–Crippen LogP) is 2.83. The van der Waals surface area contributed by atoms with Gasteiger partial charge in [-0.3, -0.25) is 9.89 Å². The fourth-order valence-electron chi connectivity index (χ4n) is 3.50. The number of nitrogens with one attached hydrogen (secondary N) is 1. The van der Waals surface area contributed by atoms with E-state index in [0.29, 0.717) is 11.8 Å². The number of aromatic hydroxyl groups is 1. The number of phenolic OH excluding ortho intramolecular Hbond substituents is 1. The quantitative estimate of drug-likeness (QED) is 0.351. The molecular weight excluding hydrogens is 453 g/mol. The zero-order valence-electron chi connectivity index (χ0n) is 17.2. The van der Waals surface area contributed by atoms with Crippen LogP contribution in [0.3, 0.4) is 0 Å². The molecule has 1 heterocycles. The van der Waals surface area contributed by atoms with Gasteiger partial charge in [0.15, 0.2) is 5.96 Å². The van der Waals surface area contributed by atoms with E-state index in [0.717, 1.165) is 64.0 Å². The predicted molar refractivity (Wildman–Crippen MR) is 126 cm³/mol. The minimum atomic E-state index is 0. The van der Waals surface area contributed by atoms with Crippen LogP contribution in [0.25, 0.3) is 0 Å². The number of para-hydroxylation sites is 2. The molecule has 6 nitrogen and oxygen atoms in total. The van der Waals surface area contributed by atoms with E-state index in [1.54, 1.807) is 6.07 Å². The van der Waals surface area contributed by atoms with Crippen LogP contribution >= 0.6 is 24.0 Å². The van der Waals surface area contributed by atoms with Gasteiger partial charge in [-0.05, 0) is 39.1 Å². The third-order valence-electron chi connectivity index (χ3n) is 5.08. The van der Waals surface area contributed by atoms with Gasteiger partial charge in [0.1, 0.15) is 5.75 Å². The summed E-state index contributed by atoms with van der Waals surface area (Å²) in [5, 5.41) is 13.5. The van der Waals surface area contributed by atoms with Gasteiger partial charge in [-0.1, -0.05) is 26.0 Å². The zero-order chi connectivity index (χ0) is 18.9. The van der Waals surface area contributed by atoms with Crippen molar-refractivity contribution in [2.45, 2.75) is 33.7 Å². The first kappa shape index (κ1) is 23.8. The molecule has 1 aromatic carbocycles. The minimum absolute atomic E-state index is 0. The van der Waals surface area contributed by atoms with Crippen LogP contribution < -0.4 is 10.2 Å². The van der Waals surface area contributed by atoms with Crippen molar-refractivity contribution in [1.82, 2.24) is 15.1 Å². The van der Waals surface area contributed by atoms with Gasteiger partial charge in [-0.25, -0.2) is 0 Å². The maximum atomic E-state index is 10.1. The van der Waals surface area contributed by atoms with E-state index in [1.165, 1.54) is 0 Å². The molecule has 7 heteroatoms.